The maximum Gasteiger partial charge on any atom is 0.255 e. The molecule has 1 aliphatic heterocycles. The molecule has 1 aliphatic rings. The molecule has 0 aliphatic carbocycles. The summed E-state index contributed by atoms with van der Waals surface area (Å²) in [6, 6.07) is 20.4. The fraction of sp³-hybridized carbons (Fsp3) is 0.240. The number of sulfonamides is 1. The molecule has 0 aromatic heterocycles. The molecule has 34 heavy (non-hydrogen) atoms. The van der Waals surface area contributed by atoms with Crippen LogP contribution in [0.5, 0.6) is 0 Å². The molecule has 3 N–H and O–H groups in total. The lowest BCUT2D eigenvalue weighted by Crippen LogP contribution is -2.36. The number of carbonyl (C=O) groups is 1. The quantitative estimate of drug-likeness (QED) is 0.469. The predicted molar refractivity (Wildman–Crippen MR) is 137 cm³/mol. The predicted octanol–water partition coefficient (Wildman–Crippen LogP) is 4.20. The Morgan fingerprint density at radius 2 is 1.62 bits per heavy atom. The molecule has 3 aromatic rings. The van der Waals surface area contributed by atoms with E-state index < -0.39 is 10.0 Å². The summed E-state index contributed by atoms with van der Waals surface area (Å²) < 4.78 is 30.8. The van der Waals surface area contributed by atoms with Gasteiger partial charge in [0.2, 0.25) is 10.0 Å². The molecule has 0 radical (unpaired) electrons. The van der Waals surface area contributed by atoms with Crippen molar-refractivity contribution in [1.82, 2.24) is 0 Å². The zero-order chi connectivity index (χ0) is 24.1. The number of benzene rings is 3. The molecule has 3 aromatic carbocycles. The SMILES string of the molecule is Cc1ccc(Nc2cccc(N3CCOCC3)c2)cc1NC(=O)c1cccc(NS(C)(=O)=O)c1. The second kappa shape index (κ2) is 10.1. The van der Waals surface area contributed by atoms with E-state index in [-0.39, 0.29) is 5.91 Å². The summed E-state index contributed by atoms with van der Waals surface area (Å²) in [5.74, 6) is -0.327. The average molecular weight is 481 g/mol. The van der Waals surface area contributed by atoms with E-state index in [9.17, 15) is 13.2 Å². The number of anilines is 5. The van der Waals surface area contributed by atoms with Crippen molar-refractivity contribution in [3.05, 3.63) is 77.9 Å². The summed E-state index contributed by atoms with van der Waals surface area (Å²) in [6.45, 7) is 5.11. The van der Waals surface area contributed by atoms with E-state index in [0.717, 1.165) is 55.2 Å². The van der Waals surface area contributed by atoms with Gasteiger partial charge >= 0.3 is 0 Å². The number of rotatable bonds is 7. The molecule has 0 saturated carbocycles. The van der Waals surface area contributed by atoms with Crippen molar-refractivity contribution >= 4 is 44.4 Å². The molecule has 0 atom stereocenters. The number of hydrogen-bond donors (Lipinski definition) is 3. The first kappa shape index (κ1) is 23.6. The minimum Gasteiger partial charge on any atom is -0.378 e. The van der Waals surface area contributed by atoms with Crippen LogP contribution in [-0.4, -0.2) is 46.9 Å². The third-order valence-corrected chi connectivity index (χ3v) is 6.03. The zero-order valence-electron chi connectivity index (χ0n) is 19.2. The standard InChI is InChI=1S/C25H28N4O4S/c1-18-9-10-21(26-20-6-4-8-23(16-20)29-11-13-33-14-12-29)17-24(18)27-25(30)19-5-3-7-22(15-19)28-34(2,31)32/h3-10,15-17,26,28H,11-14H2,1-2H3,(H,27,30). The minimum atomic E-state index is -3.43. The zero-order valence-corrected chi connectivity index (χ0v) is 20.0. The van der Waals surface area contributed by atoms with Crippen molar-refractivity contribution in [3.63, 3.8) is 0 Å². The number of carbonyl (C=O) groups excluding carboxylic acids is 1. The van der Waals surface area contributed by atoms with E-state index in [0.29, 0.717) is 16.9 Å². The third kappa shape index (κ3) is 6.27. The number of nitrogens with one attached hydrogen (secondary N) is 3. The highest BCUT2D eigenvalue weighted by Crippen LogP contribution is 2.27. The van der Waals surface area contributed by atoms with Gasteiger partial charge in [-0.15, -0.1) is 0 Å². The summed E-state index contributed by atoms with van der Waals surface area (Å²) >= 11 is 0. The molecule has 1 saturated heterocycles. The molecule has 1 heterocycles. The number of morpholine rings is 1. The molecule has 1 amide bonds. The van der Waals surface area contributed by atoms with Gasteiger partial charge in [-0.05, 0) is 61.0 Å². The minimum absolute atomic E-state index is 0.327. The number of hydrogen-bond acceptors (Lipinski definition) is 6. The third-order valence-electron chi connectivity index (χ3n) is 5.42. The van der Waals surface area contributed by atoms with Crippen molar-refractivity contribution in [3.8, 4) is 0 Å². The van der Waals surface area contributed by atoms with Gasteiger partial charge < -0.3 is 20.3 Å². The van der Waals surface area contributed by atoms with Crippen LogP contribution in [0.1, 0.15) is 15.9 Å². The fourth-order valence-electron chi connectivity index (χ4n) is 3.74. The van der Waals surface area contributed by atoms with Crippen LogP contribution in [0.4, 0.5) is 28.4 Å². The lowest BCUT2D eigenvalue weighted by molar-refractivity contribution is 0.102. The Balaban J connectivity index is 1.48. The average Bonchev–Trinajstić information content (AvgIpc) is 2.81. The van der Waals surface area contributed by atoms with Crippen LogP contribution in [0, 0.1) is 6.92 Å². The highest BCUT2D eigenvalue weighted by molar-refractivity contribution is 7.92. The van der Waals surface area contributed by atoms with Crippen LogP contribution < -0.4 is 20.3 Å². The summed E-state index contributed by atoms with van der Waals surface area (Å²) in [4.78, 5) is 15.1. The molecule has 0 spiro atoms. The molecule has 178 valence electrons. The maximum absolute atomic E-state index is 12.8. The topological polar surface area (TPSA) is 99.8 Å². The van der Waals surface area contributed by atoms with E-state index in [1.54, 1.807) is 18.2 Å². The molecule has 0 unspecified atom stereocenters. The summed E-state index contributed by atoms with van der Waals surface area (Å²) in [5, 5.41) is 6.34. The van der Waals surface area contributed by atoms with Crippen LogP contribution in [-0.2, 0) is 14.8 Å². The second-order valence-electron chi connectivity index (χ2n) is 8.21. The van der Waals surface area contributed by atoms with Gasteiger partial charge in [-0.1, -0.05) is 18.2 Å². The van der Waals surface area contributed by atoms with Gasteiger partial charge in [0, 0.05) is 47.1 Å². The molecule has 1 fully saturated rings. The van der Waals surface area contributed by atoms with Crippen molar-refractivity contribution in [2.45, 2.75) is 6.92 Å². The molecule has 0 bridgehead atoms. The first-order valence-electron chi connectivity index (χ1n) is 11.0. The summed E-state index contributed by atoms with van der Waals surface area (Å²) in [5.41, 5.74) is 5.19. The molecular formula is C25H28N4O4S. The molecular weight excluding hydrogens is 452 g/mol. The van der Waals surface area contributed by atoms with Gasteiger partial charge in [0.25, 0.3) is 5.91 Å². The van der Waals surface area contributed by atoms with E-state index in [2.05, 4.69) is 32.4 Å². The lowest BCUT2D eigenvalue weighted by Gasteiger charge is -2.29. The van der Waals surface area contributed by atoms with Crippen LogP contribution in [0.2, 0.25) is 0 Å². The smallest absolute Gasteiger partial charge is 0.255 e. The van der Waals surface area contributed by atoms with E-state index in [4.69, 9.17) is 4.74 Å². The largest absolute Gasteiger partial charge is 0.378 e. The molecule has 8 nitrogen and oxygen atoms in total. The number of nitrogens with zero attached hydrogens (tertiary/aromatic N) is 1. The maximum atomic E-state index is 12.8. The van der Waals surface area contributed by atoms with E-state index in [1.165, 1.54) is 6.07 Å². The van der Waals surface area contributed by atoms with Crippen LogP contribution in [0.3, 0.4) is 0 Å². The Bertz CT molecular complexity index is 1290. The second-order valence-corrected chi connectivity index (χ2v) is 9.96. The van der Waals surface area contributed by atoms with Crippen LogP contribution in [0.15, 0.2) is 66.7 Å². The Morgan fingerprint density at radius 1 is 0.912 bits per heavy atom. The van der Waals surface area contributed by atoms with Crippen LogP contribution in [0.25, 0.3) is 0 Å². The van der Waals surface area contributed by atoms with Crippen molar-refractivity contribution in [2.75, 3.05) is 52.8 Å². The summed E-state index contributed by atoms with van der Waals surface area (Å²) in [6.07, 6.45) is 1.07. The Labute approximate surface area is 200 Å². The normalized spacial score (nSPS) is 13.9. The first-order chi connectivity index (χ1) is 16.3. The van der Waals surface area contributed by atoms with Gasteiger partial charge in [-0.25, -0.2) is 8.42 Å². The van der Waals surface area contributed by atoms with Crippen molar-refractivity contribution in [2.24, 2.45) is 0 Å². The first-order valence-corrected chi connectivity index (χ1v) is 12.9. The Hall–Kier alpha value is -3.56. The summed E-state index contributed by atoms with van der Waals surface area (Å²) in [7, 11) is -3.43. The van der Waals surface area contributed by atoms with E-state index >= 15 is 0 Å². The number of aryl methyl sites for hydroxylation is 1. The van der Waals surface area contributed by atoms with Crippen LogP contribution >= 0.6 is 0 Å². The molecule has 9 heteroatoms. The highest BCUT2D eigenvalue weighted by Gasteiger charge is 2.13. The highest BCUT2D eigenvalue weighted by atomic mass is 32.2. The Morgan fingerprint density at radius 3 is 2.38 bits per heavy atom. The number of amides is 1. The van der Waals surface area contributed by atoms with E-state index in [1.807, 2.05) is 37.3 Å². The van der Waals surface area contributed by atoms with Gasteiger partial charge in [0.1, 0.15) is 0 Å². The van der Waals surface area contributed by atoms with Gasteiger partial charge in [0.05, 0.1) is 19.5 Å². The monoisotopic (exact) mass is 480 g/mol. The van der Waals surface area contributed by atoms with Crippen molar-refractivity contribution < 1.29 is 17.9 Å². The fourth-order valence-corrected chi connectivity index (χ4v) is 4.29. The number of ether oxygens (including phenoxy) is 1. The lowest BCUT2D eigenvalue weighted by atomic mass is 10.1. The molecule has 4 rings (SSSR count). The van der Waals surface area contributed by atoms with Gasteiger partial charge in [0.15, 0.2) is 0 Å². The van der Waals surface area contributed by atoms with Gasteiger partial charge in [-0.2, -0.15) is 0 Å². The van der Waals surface area contributed by atoms with Gasteiger partial charge in [-0.3, -0.25) is 9.52 Å². The van der Waals surface area contributed by atoms with Crippen molar-refractivity contribution in [1.29, 1.82) is 0 Å². The Kier molecular flexibility index (Phi) is 7.04.